The maximum absolute atomic E-state index is 13.2. The minimum Gasteiger partial charge on any atom is -0.491 e. The summed E-state index contributed by atoms with van der Waals surface area (Å²) in [5.41, 5.74) is -0.0382. The first-order valence-electron chi connectivity index (χ1n) is 8.10. The minimum absolute atomic E-state index is 0.00225. The highest BCUT2D eigenvalue weighted by molar-refractivity contribution is 5.38. The zero-order chi connectivity index (χ0) is 17.7. The molecular formula is C18H24F3O3. The van der Waals surface area contributed by atoms with Gasteiger partial charge in [0.1, 0.15) is 12.4 Å². The second-order valence-electron chi connectivity index (χ2n) is 6.19. The van der Waals surface area contributed by atoms with Crippen molar-refractivity contribution in [1.29, 1.82) is 0 Å². The summed E-state index contributed by atoms with van der Waals surface area (Å²) in [5.74, 6) is 0.363. The van der Waals surface area contributed by atoms with Crippen LogP contribution in [0.25, 0.3) is 0 Å². The molecule has 1 radical (unpaired) electrons. The Hall–Kier alpha value is -1.27. The molecule has 3 atom stereocenters. The van der Waals surface area contributed by atoms with E-state index in [1.807, 2.05) is 6.92 Å². The molecule has 1 aromatic carbocycles. The van der Waals surface area contributed by atoms with Crippen LogP contribution in [-0.2, 0) is 15.7 Å². The molecule has 1 aliphatic rings. The van der Waals surface area contributed by atoms with Crippen LogP contribution in [-0.4, -0.2) is 33.0 Å². The van der Waals surface area contributed by atoms with Crippen LogP contribution in [0.2, 0.25) is 0 Å². The van der Waals surface area contributed by atoms with E-state index in [0.717, 1.165) is 6.07 Å². The van der Waals surface area contributed by atoms with Gasteiger partial charge in [0.2, 0.25) is 0 Å². The SMILES string of the molecule is [CH2]CC1C[C@H](c2cc(OCCOC)cc(C(F)(F)F)c2)[C@@H](C)CO1. The minimum atomic E-state index is -4.41. The Morgan fingerprint density at radius 3 is 2.62 bits per heavy atom. The van der Waals surface area contributed by atoms with Gasteiger partial charge in [0, 0.05) is 7.11 Å². The quantitative estimate of drug-likeness (QED) is 0.712. The molecule has 1 aromatic rings. The number of benzene rings is 1. The van der Waals surface area contributed by atoms with Crippen LogP contribution >= 0.6 is 0 Å². The van der Waals surface area contributed by atoms with Gasteiger partial charge in [-0.3, -0.25) is 0 Å². The third-order valence-electron chi connectivity index (χ3n) is 4.36. The largest absolute Gasteiger partial charge is 0.491 e. The molecule has 2 rings (SSSR count). The highest BCUT2D eigenvalue weighted by Crippen LogP contribution is 2.40. The van der Waals surface area contributed by atoms with Gasteiger partial charge in [-0.2, -0.15) is 13.2 Å². The summed E-state index contributed by atoms with van der Waals surface area (Å²) in [6.45, 7) is 6.90. The standard InChI is InChI=1S/C18H24F3O3/c1-4-15-10-17(12(2)11-24-15)13-7-14(18(19,20)21)9-16(8-13)23-6-5-22-3/h7-9,12,15,17H,1,4-6,10-11H2,2-3H3/t12-,15?,17-/m0/s1. The Kier molecular flexibility index (Phi) is 6.52. The summed E-state index contributed by atoms with van der Waals surface area (Å²) in [6.07, 6.45) is -3.14. The fourth-order valence-electron chi connectivity index (χ4n) is 2.98. The van der Waals surface area contributed by atoms with Crippen molar-refractivity contribution in [3.8, 4) is 5.75 Å². The molecule has 24 heavy (non-hydrogen) atoms. The zero-order valence-electron chi connectivity index (χ0n) is 14.1. The first-order chi connectivity index (χ1) is 11.3. The van der Waals surface area contributed by atoms with Gasteiger partial charge in [-0.05, 0) is 48.4 Å². The summed E-state index contributed by atoms with van der Waals surface area (Å²) >= 11 is 0. The molecule has 6 heteroatoms. The van der Waals surface area contributed by atoms with Gasteiger partial charge in [0.05, 0.1) is 24.9 Å². The smallest absolute Gasteiger partial charge is 0.416 e. The van der Waals surface area contributed by atoms with Gasteiger partial charge in [-0.25, -0.2) is 0 Å². The third-order valence-corrected chi connectivity index (χ3v) is 4.36. The molecule has 0 spiro atoms. The van der Waals surface area contributed by atoms with E-state index in [2.05, 4.69) is 6.92 Å². The lowest BCUT2D eigenvalue weighted by molar-refractivity contribution is -0.137. The van der Waals surface area contributed by atoms with Gasteiger partial charge in [-0.15, -0.1) is 0 Å². The van der Waals surface area contributed by atoms with Crippen LogP contribution in [0, 0.1) is 12.8 Å². The van der Waals surface area contributed by atoms with E-state index in [-0.39, 0.29) is 30.3 Å². The van der Waals surface area contributed by atoms with Crippen molar-refractivity contribution in [3.05, 3.63) is 36.2 Å². The molecule has 1 fully saturated rings. The highest BCUT2D eigenvalue weighted by Gasteiger charge is 2.34. The molecule has 1 heterocycles. The van der Waals surface area contributed by atoms with Crippen LogP contribution in [0.1, 0.15) is 36.8 Å². The summed E-state index contributed by atoms with van der Waals surface area (Å²) in [6, 6.07) is 3.98. The van der Waals surface area contributed by atoms with Gasteiger partial charge < -0.3 is 14.2 Å². The Balaban J connectivity index is 2.31. The number of ether oxygens (including phenoxy) is 3. The third kappa shape index (κ3) is 4.86. The maximum atomic E-state index is 13.2. The van der Waals surface area contributed by atoms with Crippen LogP contribution in [0.5, 0.6) is 5.75 Å². The van der Waals surface area contributed by atoms with Gasteiger partial charge >= 0.3 is 6.18 Å². The number of alkyl halides is 3. The van der Waals surface area contributed by atoms with E-state index < -0.39 is 11.7 Å². The Morgan fingerprint density at radius 1 is 1.25 bits per heavy atom. The lowest BCUT2D eigenvalue weighted by Gasteiger charge is -2.35. The van der Waals surface area contributed by atoms with Gasteiger partial charge in [0.25, 0.3) is 0 Å². The van der Waals surface area contributed by atoms with Crippen molar-refractivity contribution in [1.82, 2.24) is 0 Å². The molecule has 0 aliphatic carbocycles. The van der Waals surface area contributed by atoms with Crippen LogP contribution in [0.15, 0.2) is 18.2 Å². The first-order valence-corrected chi connectivity index (χ1v) is 8.10. The zero-order valence-corrected chi connectivity index (χ0v) is 14.1. The summed E-state index contributed by atoms with van der Waals surface area (Å²) in [4.78, 5) is 0. The molecule has 0 bridgehead atoms. The highest BCUT2D eigenvalue weighted by atomic mass is 19.4. The number of rotatable bonds is 6. The monoisotopic (exact) mass is 345 g/mol. The lowest BCUT2D eigenvalue weighted by atomic mass is 9.80. The molecule has 0 aromatic heterocycles. The van der Waals surface area contributed by atoms with Crippen LogP contribution in [0.3, 0.4) is 0 Å². The molecule has 1 unspecified atom stereocenters. The van der Waals surface area contributed by atoms with E-state index in [0.29, 0.717) is 31.6 Å². The molecule has 0 saturated carbocycles. The fourth-order valence-corrected chi connectivity index (χ4v) is 2.98. The number of methoxy groups -OCH3 is 1. The Bertz CT molecular complexity index is 531. The van der Waals surface area contributed by atoms with Crippen molar-refractivity contribution in [2.24, 2.45) is 5.92 Å². The normalized spacial score (nSPS) is 24.8. The van der Waals surface area contributed by atoms with E-state index in [1.54, 1.807) is 6.07 Å². The van der Waals surface area contributed by atoms with Crippen molar-refractivity contribution in [2.75, 3.05) is 26.9 Å². The fraction of sp³-hybridized carbons (Fsp3) is 0.611. The molecule has 135 valence electrons. The second-order valence-corrected chi connectivity index (χ2v) is 6.19. The van der Waals surface area contributed by atoms with E-state index in [1.165, 1.54) is 13.2 Å². The van der Waals surface area contributed by atoms with E-state index in [4.69, 9.17) is 14.2 Å². The first kappa shape index (κ1) is 19.1. The van der Waals surface area contributed by atoms with Gasteiger partial charge in [0.15, 0.2) is 0 Å². The van der Waals surface area contributed by atoms with Crippen molar-refractivity contribution < 1.29 is 27.4 Å². The Morgan fingerprint density at radius 2 is 2.00 bits per heavy atom. The predicted octanol–water partition coefficient (Wildman–Crippen LogP) is 4.46. The number of hydrogen-bond acceptors (Lipinski definition) is 3. The van der Waals surface area contributed by atoms with Crippen LogP contribution in [0.4, 0.5) is 13.2 Å². The van der Waals surface area contributed by atoms with Crippen molar-refractivity contribution in [3.63, 3.8) is 0 Å². The molecule has 0 N–H and O–H groups in total. The summed E-state index contributed by atoms with van der Waals surface area (Å²) < 4.78 is 55.7. The average Bonchev–Trinajstić information content (AvgIpc) is 2.54. The van der Waals surface area contributed by atoms with E-state index >= 15 is 0 Å². The summed E-state index contributed by atoms with van der Waals surface area (Å²) in [7, 11) is 1.52. The molecule has 1 saturated heterocycles. The number of halogens is 3. The topological polar surface area (TPSA) is 27.7 Å². The van der Waals surface area contributed by atoms with E-state index in [9.17, 15) is 13.2 Å². The molecule has 1 aliphatic heterocycles. The van der Waals surface area contributed by atoms with Crippen LogP contribution < -0.4 is 4.74 Å². The van der Waals surface area contributed by atoms with Crippen molar-refractivity contribution in [2.45, 2.75) is 38.0 Å². The summed E-state index contributed by atoms with van der Waals surface area (Å²) in [5, 5.41) is 0. The van der Waals surface area contributed by atoms with Gasteiger partial charge in [-0.1, -0.05) is 13.8 Å². The molecular weight excluding hydrogens is 321 g/mol. The molecule has 3 nitrogen and oxygen atoms in total. The number of hydrogen-bond donors (Lipinski definition) is 0. The molecule has 0 amide bonds. The lowest BCUT2D eigenvalue weighted by Crippen LogP contribution is -2.30. The maximum Gasteiger partial charge on any atom is 0.416 e. The average molecular weight is 345 g/mol. The Labute approximate surface area is 141 Å². The predicted molar refractivity (Wildman–Crippen MR) is 85.1 cm³/mol. The second kappa shape index (κ2) is 8.21. The van der Waals surface area contributed by atoms with Crippen molar-refractivity contribution >= 4 is 0 Å².